The summed E-state index contributed by atoms with van der Waals surface area (Å²) in [6.45, 7) is 7.75. The molecule has 0 fully saturated rings. The second-order valence-corrected chi connectivity index (χ2v) is 5.17. The molecule has 2 heterocycles. The topological polar surface area (TPSA) is 84.7 Å². The number of aromatic nitrogens is 1. The smallest absolute Gasteiger partial charge is 0.338 e. The Hall–Kier alpha value is -2.63. The summed E-state index contributed by atoms with van der Waals surface area (Å²) in [5.74, 6) is -0.483. The summed E-state index contributed by atoms with van der Waals surface area (Å²) < 4.78 is 4.88. The van der Waals surface area contributed by atoms with Crippen molar-refractivity contribution >= 4 is 17.3 Å². The Morgan fingerprint density at radius 1 is 1.26 bits per heavy atom. The number of carbonyl (C=O) groups is 1. The number of oxime groups is 1. The quantitative estimate of drug-likeness (QED) is 0.476. The molecule has 0 saturated heterocycles. The number of aromatic amines is 1. The van der Waals surface area contributed by atoms with Crippen LogP contribution in [-0.4, -0.2) is 16.8 Å². The summed E-state index contributed by atoms with van der Waals surface area (Å²) >= 11 is 0. The highest BCUT2D eigenvalue weighted by molar-refractivity contribution is 6.22. The fourth-order valence-electron chi connectivity index (χ4n) is 2.37. The molecule has 0 bridgehead atoms. The molecule has 0 unspecified atom stereocenters. The van der Waals surface area contributed by atoms with Crippen LogP contribution >= 0.6 is 0 Å². The highest BCUT2D eigenvalue weighted by Crippen LogP contribution is 2.20. The SMILES string of the molecule is C=C/C(=C/C=C1\C(=O)ON=C1CCC)c1c(CCC)[nH]oc1=O. The maximum atomic E-state index is 11.9. The summed E-state index contributed by atoms with van der Waals surface area (Å²) in [5.41, 5.74) is 2.33. The zero-order chi connectivity index (χ0) is 16.8. The monoisotopic (exact) mass is 316 g/mol. The molecule has 0 atom stereocenters. The van der Waals surface area contributed by atoms with Crippen LogP contribution < -0.4 is 5.63 Å². The normalized spacial score (nSPS) is 16.6. The van der Waals surface area contributed by atoms with E-state index in [1.807, 2.05) is 13.8 Å². The zero-order valence-electron chi connectivity index (χ0n) is 13.3. The van der Waals surface area contributed by atoms with Gasteiger partial charge in [0.25, 0.3) is 0 Å². The molecule has 23 heavy (non-hydrogen) atoms. The van der Waals surface area contributed by atoms with Crippen LogP contribution in [0.1, 0.15) is 44.4 Å². The maximum Gasteiger partial charge on any atom is 0.367 e. The molecule has 0 amide bonds. The molecule has 122 valence electrons. The van der Waals surface area contributed by atoms with E-state index >= 15 is 0 Å². The predicted octanol–water partition coefficient (Wildman–Crippen LogP) is 3.13. The minimum Gasteiger partial charge on any atom is -0.338 e. The van der Waals surface area contributed by atoms with Crippen LogP contribution in [-0.2, 0) is 16.1 Å². The average molecular weight is 316 g/mol. The van der Waals surface area contributed by atoms with Gasteiger partial charge in [0.05, 0.1) is 22.5 Å². The molecule has 1 aromatic heterocycles. The van der Waals surface area contributed by atoms with Crippen molar-refractivity contribution in [2.24, 2.45) is 5.16 Å². The van der Waals surface area contributed by atoms with Crippen LogP contribution in [0.3, 0.4) is 0 Å². The van der Waals surface area contributed by atoms with Gasteiger partial charge in [-0.3, -0.25) is 0 Å². The minimum atomic E-state index is -0.483. The van der Waals surface area contributed by atoms with Crippen LogP contribution in [0, 0.1) is 0 Å². The van der Waals surface area contributed by atoms with Crippen LogP contribution in [0.25, 0.3) is 5.57 Å². The van der Waals surface area contributed by atoms with E-state index in [2.05, 4.69) is 16.9 Å². The van der Waals surface area contributed by atoms with Crippen molar-refractivity contribution in [2.75, 3.05) is 0 Å². The summed E-state index contributed by atoms with van der Waals surface area (Å²) in [4.78, 5) is 28.4. The number of nitrogens with one attached hydrogen (secondary N) is 1. The van der Waals surface area contributed by atoms with Crippen molar-refractivity contribution in [3.05, 3.63) is 52.1 Å². The molecule has 0 saturated carbocycles. The van der Waals surface area contributed by atoms with Gasteiger partial charge in [-0.15, -0.1) is 0 Å². The number of aryl methyl sites for hydroxylation is 1. The third-order valence-corrected chi connectivity index (χ3v) is 3.47. The first-order valence-corrected chi connectivity index (χ1v) is 7.66. The molecule has 0 aromatic carbocycles. The number of nitrogens with zero attached hydrogens (tertiary/aromatic N) is 1. The molecule has 0 aliphatic carbocycles. The molecule has 6 nitrogen and oxygen atoms in total. The fraction of sp³-hybridized carbons (Fsp3) is 0.353. The Morgan fingerprint density at radius 2 is 2.00 bits per heavy atom. The lowest BCUT2D eigenvalue weighted by molar-refractivity contribution is -0.136. The predicted molar refractivity (Wildman–Crippen MR) is 88.0 cm³/mol. The molecule has 6 heteroatoms. The van der Waals surface area contributed by atoms with Gasteiger partial charge in [-0.25, -0.2) is 14.7 Å². The Labute approximate surface area is 134 Å². The van der Waals surface area contributed by atoms with Gasteiger partial charge in [0, 0.05) is 0 Å². The third kappa shape index (κ3) is 3.59. The third-order valence-electron chi connectivity index (χ3n) is 3.47. The van der Waals surface area contributed by atoms with E-state index < -0.39 is 11.6 Å². The lowest BCUT2D eigenvalue weighted by Crippen LogP contribution is -2.05. The molecule has 1 aliphatic rings. The largest absolute Gasteiger partial charge is 0.367 e. The number of allylic oxidation sites excluding steroid dienone is 4. The van der Waals surface area contributed by atoms with Gasteiger partial charge in [0.1, 0.15) is 0 Å². The van der Waals surface area contributed by atoms with E-state index in [1.165, 1.54) is 0 Å². The van der Waals surface area contributed by atoms with Gasteiger partial charge < -0.3 is 9.36 Å². The van der Waals surface area contributed by atoms with Crippen LogP contribution in [0.5, 0.6) is 0 Å². The fourth-order valence-corrected chi connectivity index (χ4v) is 2.37. The Balaban J connectivity index is 2.40. The molecular formula is C17H20N2O4. The van der Waals surface area contributed by atoms with Crippen LogP contribution in [0.2, 0.25) is 0 Å². The summed E-state index contributed by atoms with van der Waals surface area (Å²) in [6.07, 6.45) is 7.91. The highest BCUT2D eigenvalue weighted by Gasteiger charge is 2.24. The molecule has 2 rings (SSSR count). The van der Waals surface area contributed by atoms with E-state index in [0.717, 1.165) is 18.5 Å². The first-order valence-electron chi connectivity index (χ1n) is 7.66. The van der Waals surface area contributed by atoms with E-state index in [-0.39, 0.29) is 0 Å². The lowest BCUT2D eigenvalue weighted by Gasteiger charge is -2.00. The van der Waals surface area contributed by atoms with Crippen molar-refractivity contribution in [1.29, 1.82) is 0 Å². The van der Waals surface area contributed by atoms with Gasteiger partial charge in [-0.05, 0) is 24.5 Å². The average Bonchev–Trinajstić information content (AvgIpc) is 3.06. The zero-order valence-corrected chi connectivity index (χ0v) is 13.3. The van der Waals surface area contributed by atoms with Crippen LogP contribution in [0.15, 0.2) is 44.9 Å². The first kappa shape index (κ1) is 16.7. The number of rotatable bonds is 7. The lowest BCUT2D eigenvalue weighted by atomic mass is 10.0. The van der Waals surface area contributed by atoms with E-state index in [1.54, 1.807) is 18.2 Å². The molecule has 1 N–H and O–H groups in total. The minimum absolute atomic E-state index is 0.406. The molecular weight excluding hydrogens is 296 g/mol. The summed E-state index contributed by atoms with van der Waals surface area (Å²) in [7, 11) is 0. The van der Waals surface area contributed by atoms with Gasteiger partial charge in [0.2, 0.25) is 0 Å². The Bertz CT molecular complexity index is 747. The molecule has 1 aromatic rings. The van der Waals surface area contributed by atoms with Crippen molar-refractivity contribution in [2.45, 2.75) is 39.5 Å². The summed E-state index contributed by atoms with van der Waals surface area (Å²) in [5, 5.41) is 6.42. The van der Waals surface area contributed by atoms with E-state index in [4.69, 9.17) is 9.36 Å². The molecule has 0 spiro atoms. The number of hydrogen-bond acceptors (Lipinski definition) is 5. The molecule has 0 radical (unpaired) electrons. The van der Waals surface area contributed by atoms with Gasteiger partial charge in [-0.2, -0.15) is 0 Å². The van der Waals surface area contributed by atoms with Gasteiger partial charge >= 0.3 is 11.6 Å². The van der Waals surface area contributed by atoms with Crippen molar-refractivity contribution < 1.29 is 14.2 Å². The van der Waals surface area contributed by atoms with Crippen LogP contribution in [0.4, 0.5) is 0 Å². The van der Waals surface area contributed by atoms with E-state index in [0.29, 0.717) is 35.3 Å². The number of hydrogen-bond donors (Lipinski definition) is 1. The first-order chi connectivity index (χ1) is 11.1. The van der Waals surface area contributed by atoms with Gasteiger partial charge in [0.15, 0.2) is 0 Å². The van der Waals surface area contributed by atoms with Crippen molar-refractivity contribution in [3.8, 4) is 0 Å². The summed E-state index contributed by atoms with van der Waals surface area (Å²) in [6, 6.07) is 0. The molecule has 1 aliphatic heterocycles. The van der Waals surface area contributed by atoms with E-state index in [9.17, 15) is 9.59 Å². The Morgan fingerprint density at radius 3 is 2.65 bits per heavy atom. The second kappa shape index (κ2) is 7.58. The number of H-pyrrole nitrogens is 1. The van der Waals surface area contributed by atoms with Crippen molar-refractivity contribution in [1.82, 2.24) is 5.16 Å². The second-order valence-electron chi connectivity index (χ2n) is 5.17. The maximum absolute atomic E-state index is 11.9. The standard InChI is InChI=1S/C17H20N2O4/c1-4-7-13-12(16(20)22-18-13)10-9-11(6-3)15-14(8-5-2)19-23-17(15)21/h6,9-10,19H,3-5,7-8H2,1-2H3/b11-9-,12-10-. The number of carbonyl (C=O) groups excluding carboxylic acids is 1. The highest BCUT2D eigenvalue weighted by atomic mass is 16.7. The van der Waals surface area contributed by atoms with Crippen molar-refractivity contribution in [3.63, 3.8) is 0 Å². The Kier molecular flexibility index (Phi) is 5.51. The van der Waals surface area contributed by atoms with Gasteiger partial charge in [-0.1, -0.05) is 50.6 Å².